The Morgan fingerprint density at radius 1 is 0.264 bits per heavy atom. The van der Waals surface area contributed by atoms with Crippen LogP contribution in [0.4, 0.5) is 0 Å². The van der Waals surface area contributed by atoms with Gasteiger partial charge in [0.1, 0.15) is 19.3 Å². The SMILES string of the molecule is CCCCCCCCCCCCCCCCCCCC(=O)O[C@H](COC(=O)CCCCCCCCCCCCCCC)COP(=O)(O)OC[C@@H](O)COP(=O)(O)OC[C@@H](COC(=O)CCCCCCCCCCC)OC(=O)CCCCCCCCCCCCCC. The summed E-state index contributed by atoms with van der Waals surface area (Å²) in [6.07, 6.45) is 55.3. The van der Waals surface area contributed by atoms with Crippen LogP contribution in [-0.2, 0) is 65.4 Å². The van der Waals surface area contributed by atoms with E-state index < -0.39 is 97.5 Å². The van der Waals surface area contributed by atoms with Gasteiger partial charge < -0.3 is 33.8 Å². The zero-order valence-electron chi connectivity index (χ0n) is 58.8. The molecule has 0 spiro atoms. The van der Waals surface area contributed by atoms with E-state index >= 15 is 0 Å². The van der Waals surface area contributed by atoms with E-state index in [9.17, 15) is 43.2 Å². The highest BCUT2D eigenvalue weighted by Gasteiger charge is 2.30. The van der Waals surface area contributed by atoms with Crippen molar-refractivity contribution in [3.05, 3.63) is 0 Å². The first kappa shape index (κ1) is 89.1. The molecule has 91 heavy (non-hydrogen) atoms. The molecule has 0 fully saturated rings. The second-order valence-electron chi connectivity index (χ2n) is 26.0. The molecule has 0 aromatic carbocycles. The molecule has 540 valence electrons. The highest BCUT2D eigenvalue weighted by Crippen LogP contribution is 2.45. The maximum absolute atomic E-state index is 13.0. The lowest BCUT2D eigenvalue weighted by Crippen LogP contribution is -2.30. The highest BCUT2D eigenvalue weighted by atomic mass is 31.2. The van der Waals surface area contributed by atoms with Crippen LogP contribution in [0.2, 0.25) is 0 Å². The fraction of sp³-hybridized carbons (Fsp3) is 0.944. The van der Waals surface area contributed by atoms with E-state index in [2.05, 4.69) is 27.7 Å². The fourth-order valence-electron chi connectivity index (χ4n) is 11.0. The van der Waals surface area contributed by atoms with Gasteiger partial charge in [-0.25, -0.2) is 9.13 Å². The first-order valence-corrected chi connectivity index (χ1v) is 40.8. The van der Waals surface area contributed by atoms with Crippen molar-refractivity contribution in [1.82, 2.24) is 0 Å². The number of phosphoric acid groups is 2. The normalized spacial score (nSPS) is 14.0. The van der Waals surface area contributed by atoms with E-state index in [-0.39, 0.29) is 25.7 Å². The van der Waals surface area contributed by atoms with Crippen LogP contribution in [0.3, 0.4) is 0 Å². The first-order valence-electron chi connectivity index (χ1n) is 37.8. The average Bonchev–Trinajstić information content (AvgIpc) is 3.64. The molecule has 0 aliphatic carbocycles. The number of carbonyl (C=O) groups is 4. The molecule has 0 bridgehead atoms. The number of phosphoric ester groups is 2. The van der Waals surface area contributed by atoms with E-state index in [0.29, 0.717) is 25.7 Å². The Labute approximate surface area is 556 Å². The van der Waals surface area contributed by atoms with Gasteiger partial charge in [0, 0.05) is 25.7 Å². The lowest BCUT2D eigenvalue weighted by atomic mass is 10.0. The summed E-state index contributed by atoms with van der Waals surface area (Å²) in [5, 5.41) is 10.6. The van der Waals surface area contributed by atoms with Gasteiger partial charge in [0.15, 0.2) is 12.2 Å². The number of unbranched alkanes of at least 4 members (excludes halogenated alkanes) is 47. The van der Waals surface area contributed by atoms with Crippen LogP contribution in [0.1, 0.15) is 381 Å². The van der Waals surface area contributed by atoms with E-state index in [1.807, 2.05) is 0 Å². The summed E-state index contributed by atoms with van der Waals surface area (Å²) in [6, 6.07) is 0. The van der Waals surface area contributed by atoms with Crippen molar-refractivity contribution < 1.29 is 80.2 Å². The quantitative estimate of drug-likeness (QED) is 0.0222. The molecule has 0 aliphatic heterocycles. The summed E-state index contributed by atoms with van der Waals surface area (Å²) in [6.45, 7) is 4.95. The first-order chi connectivity index (χ1) is 44.2. The molecule has 0 saturated heterocycles. The third kappa shape index (κ3) is 66.5. The number of rotatable bonds is 73. The Morgan fingerprint density at radius 2 is 0.440 bits per heavy atom. The van der Waals surface area contributed by atoms with E-state index in [1.54, 1.807) is 0 Å². The molecule has 0 rings (SSSR count). The summed E-state index contributed by atoms with van der Waals surface area (Å²) in [4.78, 5) is 72.6. The van der Waals surface area contributed by atoms with E-state index in [4.69, 9.17) is 37.0 Å². The monoisotopic (exact) mass is 1340 g/mol. The lowest BCUT2D eigenvalue weighted by Gasteiger charge is -2.21. The van der Waals surface area contributed by atoms with Crippen molar-refractivity contribution in [1.29, 1.82) is 0 Å². The van der Waals surface area contributed by atoms with Crippen LogP contribution >= 0.6 is 15.6 Å². The maximum Gasteiger partial charge on any atom is 0.472 e. The number of esters is 4. The number of ether oxygens (including phenoxy) is 4. The molecule has 0 saturated carbocycles. The van der Waals surface area contributed by atoms with E-state index in [0.717, 1.165) is 89.9 Å². The van der Waals surface area contributed by atoms with Crippen molar-refractivity contribution in [2.24, 2.45) is 0 Å². The van der Waals surface area contributed by atoms with Crippen LogP contribution in [0.15, 0.2) is 0 Å². The Kier molecular flexibility index (Phi) is 65.2. The van der Waals surface area contributed by atoms with Crippen molar-refractivity contribution in [2.45, 2.75) is 399 Å². The summed E-state index contributed by atoms with van der Waals surface area (Å²) >= 11 is 0. The smallest absolute Gasteiger partial charge is 0.462 e. The molecular formula is C72H140O17P2. The minimum atomic E-state index is -4.95. The fourth-order valence-corrected chi connectivity index (χ4v) is 12.6. The molecule has 17 nitrogen and oxygen atoms in total. The predicted octanol–water partition coefficient (Wildman–Crippen LogP) is 21.1. The average molecular weight is 1340 g/mol. The van der Waals surface area contributed by atoms with Crippen LogP contribution in [0.5, 0.6) is 0 Å². The zero-order chi connectivity index (χ0) is 66.8. The van der Waals surface area contributed by atoms with Crippen LogP contribution in [0.25, 0.3) is 0 Å². The molecule has 19 heteroatoms. The van der Waals surface area contributed by atoms with Gasteiger partial charge in [-0.15, -0.1) is 0 Å². The standard InChI is InChI=1S/C72H140O17P2/c1-5-9-13-17-21-25-28-31-32-33-34-36-39-43-47-51-55-59-72(77)89-68(63-83-70(75)57-53-49-45-41-38-35-29-26-22-18-14-10-6-2)65-87-91(80,81)85-61-66(73)60-84-90(78,79)86-64-67(62-82-69(74)56-52-48-44-40-24-20-16-12-8-4)88-71(76)58-54-50-46-42-37-30-27-23-19-15-11-7-3/h66-68,73H,5-65H2,1-4H3,(H,78,79)(H,80,81)/t66-,67+,68+/m0/s1. The molecule has 0 aromatic rings. The third-order valence-electron chi connectivity index (χ3n) is 16.9. The number of aliphatic hydroxyl groups excluding tert-OH is 1. The number of hydrogen-bond acceptors (Lipinski definition) is 15. The second-order valence-corrected chi connectivity index (χ2v) is 28.9. The Hall–Kier alpha value is -1.94. The van der Waals surface area contributed by atoms with Gasteiger partial charge in [0.2, 0.25) is 0 Å². The van der Waals surface area contributed by atoms with Gasteiger partial charge in [0.05, 0.1) is 26.4 Å². The van der Waals surface area contributed by atoms with Gasteiger partial charge in [-0.2, -0.15) is 0 Å². The van der Waals surface area contributed by atoms with Crippen molar-refractivity contribution in [2.75, 3.05) is 39.6 Å². The maximum atomic E-state index is 13.0. The number of aliphatic hydroxyl groups is 1. The highest BCUT2D eigenvalue weighted by molar-refractivity contribution is 7.47. The van der Waals surface area contributed by atoms with Gasteiger partial charge in [-0.3, -0.25) is 37.3 Å². The zero-order valence-corrected chi connectivity index (χ0v) is 60.6. The van der Waals surface area contributed by atoms with Crippen molar-refractivity contribution in [3.63, 3.8) is 0 Å². The largest absolute Gasteiger partial charge is 0.472 e. The lowest BCUT2D eigenvalue weighted by molar-refractivity contribution is -0.161. The summed E-state index contributed by atoms with van der Waals surface area (Å²) in [5.41, 5.74) is 0. The summed E-state index contributed by atoms with van der Waals surface area (Å²) in [7, 11) is -9.90. The van der Waals surface area contributed by atoms with Crippen molar-refractivity contribution >= 4 is 39.5 Å². The molecular weight excluding hydrogens is 1200 g/mol. The van der Waals surface area contributed by atoms with Crippen LogP contribution in [-0.4, -0.2) is 96.7 Å². The van der Waals surface area contributed by atoms with E-state index in [1.165, 1.54) is 212 Å². The van der Waals surface area contributed by atoms with Gasteiger partial charge in [-0.1, -0.05) is 329 Å². The molecule has 0 heterocycles. The van der Waals surface area contributed by atoms with Crippen LogP contribution in [0, 0.1) is 0 Å². The number of carbonyl (C=O) groups excluding carboxylic acids is 4. The summed E-state index contributed by atoms with van der Waals surface area (Å²) < 4.78 is 68.3. The molecule has 0 aliphatic rings. The van der Waals surface area contributed by atoms with Crippen LogP contribution < -0.4 is 0 Å². The second kappa shape index (κ2) is 66.7. The topological polar surface area (TPSA) is 237 Å². The van der Waals surface area contributed by atoms with Crippen molar-refractivity contribution in [3.8, 4) is 0 Å². The molecule has 2 unspecified atom stereocenters. The third-order valence-corrected chi connectivity index (χ3v) is 18.8. The Morgan fingerprint density at radius 3 is 0.648 bits per heavy atom. The van der Waals surface area contributed by atoms with Gasteiger partial charge in [-0.05, 0) is 25.7 Å². The summed E-state index contributed by atoms with van der Waals surface area (Å²) in [5.74, 6) is -2.12. The van der Waals surface area contributed by atoms with Gasteiger partial charge in [0.25, 0.3) is 0 Å². The molecule has 3 N–H and O–H groups in total. The molecule has 5 atom stereocenters. The Balaban J connectivity index is 5.22. The predicted molar refractivity (Wildman–Crippen MR) is 368 cm³/mol. The minimum absolute atomic E-state index is 0.108. The van der Waals surface area contributed by atoms with Gasteiger partial charge >= 0.3 is 39.5 Å². The number of hydrogen-bond donors (Lipinski definition) is 3. The Bertz CT molecular complexity index is 1740. The molecule has 0 amide bonds. The molecule has 0 aromatic heterocycles. The molecule has 0 radical (unpaired) electrons. The minimum Gasteiger partial charge on any atom is -0.462 e.